The number of likely N-dealkylation sites (tertiary alicyclic amines) is 1. The molecular formula is C22H27N5OS. The normalized spacial score (nSPS) is 15.7. The SMILES string of the molecule is CCSc1nnc(C2CCN(CC(=O)Nc3cccc4ccccc34)CC2)n1C. The molecule has 1 aliphatic rings. The highest BCUT2D eigenvalue weighted by Crippen LogP contribution is 2.29. The fourth-order valence-corrected chi connectivity index (χ4v) is 4.66. The number of hydrogen-bond acceptors (Lipinski definition) is 5. The van der Waals surface area contributed by atoms with Crippen molar-refractivity contribution in [1.29, 1.82) is 0 Å². The number of thioether (sulfide) groups is 1. The van der Waals surface area contributed by atoms with E-state index < -0.39 is 0 Å². The molecule has 1 fully saturated rings. The summed E-state index contributed by atoms with van der Waals surface area (Å²) in [5.41, 5.74) is 0.878. The molecule has 0 spiro atoms. The lowest BCUT2D eigenvalue weighted by molar-refractivity contribution is -0.117. The highest BCUT2D eigenvalue weighted by molar-refractivity contribution is 7.99. The van der Waals surface area contributed by atoms with Crippen LogP contribution in [-0.2, 0) is 11.8 Å². The maximum Gasteiger partial charge on any atom is 0.238 e. The van der Waals surface area contributed by atoms with Crippen LogP contribution in [0.2, 0.25) is 0 Å². The Morgan fingerprint density at radius 1 is 1.14 bits per heavy atom. The number of nitrogens with one attached hydrogen (secondary N) is 1. The van der Waals surface area contributed by atoms with Crippen molar-refractivity contribution >= 4 is 34.1 Å². The maximum atomic E-state index is 12.6. The summed E-state index contributed by atoms with van der Waals surface area (Å²) < 4.78 is 2.13. The van der Waals surface area contributed by atoms with Crippen LogP contribution < -0.4 is 5.32 Å². The smallest absolute Gasteiger partial charge is 0.238 e. The lowest BCUT2D eigenvalue weighted by Crippen LogP contribution is -2.39. The van der Waals surface area contributed by atoms with E-state index in [1.165, 1.54) is 0 Å². The number of amides is 1. The minimum Gasteiger partial charge on any atom is -0.324 e. The average molecular weight is 410 g/mol. The molecule has 0 atom stereocenters. The molecule has 1 amide bonds. The van der Waals surface area contributed by atoms with Crippen molar-refractivity contribution < 1.29 is 4.79 Å². The lowest BCUT2D eigenvalue weighted by atomic mass is 9.96. The third-order valence-corrected chi connectivity index (χ3v) is 6.43. The molecule has 1 N–H and O–H groups in total. The number of carbonyl (C=O) groups is 1. The topological polar surface area (TPSA) is 63.1 Å². The van der Waals surface area contributed by atoms with E-state index in [1.54, 1.807) is 11.8 Å². The Hall–Kier alpha value is -2.38. The minimum absolute atomic E-state index is 0.0418. The largest absolute Gasteiger partial charge is 0.324 e. The maximum absolute atomic E-state index is 12.6. The molecule has 0 aliphatic carbocycles. The van der Waals surface area contributed by atoms with Gasteiger partial charge in [0.25, 0.3) is 0 Å². The first-order chi connectivity index (χ1) is 14.2. The van der Waals surface area contributed by atoms with Crippen molar-refractivity contribution in [3.63, 3.8) is 0 Å². The number of piperidine rings is 1. The first-order valence-corrected chi connectivity index (χ1v) is 11.2. The molecule has 0 saturated carbocycles. The number of rotatable bonds is 6. The van der Waals surface area contributed by atoms with Gasteiger partial charge in [0.1, 0.15) is 5.82 Å². The fourth-order valence-electron chi connectivity index (χ4n) is 4.01. The van der Waals surface area contributed by atoms with E-state index in [9.17, 15) is 4.79 Å². The van der Waals surface area contributed by atoms with Gasteiger partial charge >= 0.3 is 0 Å². The Bertz CT molecular complexity index is 989. The Labute approximate surface area is 175 Å². The Kier molecular flexibility index (Phi) is 6.16. The summed E-state index contributed by atoms with van der Waals surface area (Å²) in [6, 6.07) is 14.1. The van der Waals surface area contributed by atoms with E-state index >= 15 is 0 Å². The third-order valence-electron chi connectivity index (χ3n) is 5.53. The Balaban J connectivity index is 1.33. The van der Waals surface area contributed by atoms with Crippen LogP contribution in [0.1, 0.15) is 31.5 Å². The van der Waals surface area contributed by atoms with Gasteiger partial charge in [-0.05, 0) is 43.1 Å². The summed E-state index contributed by atoms with van der Waals surface area (Å²) in [5, 5.41) is 15.0. The zero-order chi connectivity index (χ0) is 20.2. The van der Waals surface area contributed by atoms with E-state index in [2.05, 4.69) is 51.1 Å². The molecule has 0 radical (unpaired) electrons. The summed E-state index contributed by atoms with van der Waals surface area (Å²) in [7, 11) is 2.05. The van der Waals surface area contributed by atoms with E-state index in [0.717, 1.165) is 59.1 Å². The minimum atomic E-state index is 0.0418. The van der Waals surface area contributed by atoms with Crippen LogP contribution in [-0.4, -0.2) is 51.0 Å². The van der Waals surface area contributed by atoms with E-state index in [4.69, 9.17) is 0 Å². The van der Waals surface area contributed by atoms with E-state index in [-0.39, 0.29) is 5.91 Å². The molecule has 1 saturated heterocycles. The molecule has 1 aliphatic heterocycles. The van der Waals surface area contributed by atoms with Crippen LogP contribution in [0.3, 0.4) is 0 Å². The summed E-state index contributed by atoms with van der Waals surface area (Å²) in [5.74, 6) is 2.52. The predicted molar refractivity (Wildman–Crippen MR) is 118 cm³/mol. The first kappa shape index (κ1) is 19.9. The third kappa shape index (κ3) is 4.46. The van der Waals surface area contributed by atoms with Gasteiger partial charge in [0, 0.05) is 24.0 Å². The van der Waals surface area contributed by atoms with E-state index in [0.29, 0.717) is 12.5 Å². The van der Waals surface area contributed by atoms with Crippen LogP contribution >= 0.6 is 11.8 Å². The number of fused-ring (bicyclic) bond motifs is 1. The van der Waals surface area contributed by atoms with Crippen molar-refractivity contribution in [3.05, 3.63) is 48.3 Å². The van der Waals surface area contributed by atoms with E-state index in [1.807, 2.05) is 30.3 Å². The van der Waals surface area contributed by atoms with Crippen molar-refractivity contribution in [3.8, 4) is 0 Å². The molecule has 152 valence electrons. The number of aromatic nitrogens is 3. The Morgan fingerprint density at radius 3 is 2.69 bits per heavy atom. The fraction of sp³-hybridized carbons (Fsp3) is 0.409. The van der Waals surface area contributed by atoms with Gasteiger partial charge in [-0.25, -0.2) is 0 Å². The van der Waals surface area contributed by atoms with Crippen LogP contribution in [0.25, 0.3) is 10.8 Å². The second-order valence-corrected chi connectivity index (χ2v) is 8.69. The molecule has 2 aromatic carbocycles. The Morgan fingerprint density at radius 2 is 1.90 bits per heavy atom. The first-order valence-electron chi connectivity index (χ1n) is 10.2. The zero-order valence-electron chi connectivity index (χ0n) is 17.0. The highest BCUT2D eigenvalue weighted by atomic mass is 32.2. The van der Waals surface area contributed by atoms with Gasteiger partial charge in [-0.2, -0.15) is 0 Å². The second-order valence-electron chi connectivity index (χ2n) is 7.46. The average Bonchev–Trinajstić information content (AvgIpc) is 3.09. The number of carbonyl (C=O) groups excluding carboxylic acids is 1. The van der Waals surface area contributed by atoms with Crippen LogP contribution in [0.5, 0.6) is 0 Å². The highest BCUT2D eigenvalue weighted by Gasteiger charge is 2.26. The predicted octanol–water partition coefficient (Wildman–Crippen LogP) is 3.90. The number of anilines is 1. The number of benzene rings is 2. The van der Waals surface area contributed by atoms with Crippen LogP contribution in [0, 0.1) is 0 Å². The summed E-state index contributed by atoms with van der Waals surface area (Å²) in [6.07, 6.45) is 2.01. The van der Waals surface area contributed by atoms with Gasteiger partial charge in [-0.1, -0.05) is 55.1 Å². The van der Waals surface area contributed by atoms with Gasteiger partial charge in [-0.3, -0.25) is 9.69 Å². The van der Waals surface area contributed by atoms with Crippen LogP contribution in [0.4, 0.5) is 5.69 Å². The van der Waals surface area contributed by atoms with Crippen molar-refractivity contribution in [2.24, 2.45) is 7.05 Å². The van der Waals surface area contributed by atoms with Gasteiger partial charge in [0.05, 0.1) is 6.54 Å². The molecule has 0 bridgehead atoms. The molecular weight excluding hydrogens is 382 g/mol. The van der Waals surface area contributed by atoms with Crippen molar-refractivity contribution in [2.75, 3.05) is 30.7 Å². The standard InChI is InChI=1S/C22H27N5OS/c1-3-29-22-25-24-21(26(22)2)17-11-13-27(14-12-17)15-20(28)23-19-10-6-8-16-7-4-5-9-18(16)19/h4-10,17H,3,11-15H2,1-2H3,(H,23,28). The molecule has 6 nitrogen and oxygen atoms in total. The van der Waals surface area contributed by atoms with Crippen LogP contribution in [0.15, 0.2) is 47.6 Å². The molecule has 7 heteroatoms. The summed E-state index contributed by atoms with van der Waals surface area (Å²) in [4.78, 5) is 14.9. The number of hydrogen-bond donors (Lipinski definition) is 1. The quantitative estimate of drug-likeness (QED) is 0.626. The molecule has 2 heterocycles. The zero-order valence-corrected chi connectivity index (χ0v) is 17.8. The van der Waals surface area contributed by atoms with Gasteiger partial charge in [0.2, 0.25) is 5.91 Å². The molecule has 1 aromatic heterocycles. The summed E-state index contributed by atoms with van der Waals surface area (Å²) in [6.45, 7) is 4.35. The molecule has 3 aromatic rings. The molecule has 4 rings (SSSR count). The number of nitrogens with zero attached hydrogens (tertiary/aromatic N) is 4. The van der Waals surface area contributed by atoms with Gasteiger partial charge in [0.15, 0.2) is 5.16 Å². The van der Waals surface area contributed by atoms with Gasteiger partial charge in [-0.15, -0.1) is 10.2 Å². The molecule has 0 unspecified atom stereocenters. The van der Waals surface area contributed by atoms with Gasteiger partial charge < -0.3 is 9.88 Å². The molecule has 29 heavy (non-hydrogen) atoms. The van der Waals surface area contributed by atoms with Crippen molar-refractivity contribution in [1.82, 2.24) is 19.7 Å². The van der Waals surface area contributed by atoms with Crippen molar-refractivity contribution in [2.45, 2.75) is 30.8 Å². The summed E-state index contributed by atoms with van der Waals surface area (Å²) >= 11 is 1.72. The monoisotopic (exact) mass is 409 g/mol. The lowest BCUT2D eigenvalue weighted by Gasteiger charge is -2.30. The second kappa shape index (κ2) is 8.97.